The second kappa shape index (κ2) is 8.17. The van der Waals surface area contributed by atoms with Crippen molar-refractivity contribution in [2.75, 3.05) is 24.6 Å². The van der Waals surface area contributed by atoms with Crippen LogP contribution in [0.3, 0.4) is 0 Å². The van der Waals surface area contributed by atoms with Gasteiger partial charge in [0.25, 0.3) is 0 Å². The molecule has 1 atom stereocenters. The minimum absolute atomic E-state index is 0.259. The molecule has 0 spiro atoms. The van der Waals surface area contributed by atoms with E-state index >= 15 is 0 Å². The molecule has 2 aliphatic rings. The van der Waals surface area contributed by atoms with Crippen molar-refractivity contribution >= 4 is 35.9 Å². The Morgan fingerprint density at radius 2 is 2.08 bits per heavy atom. The number of rotatable bonds is 4. The molecule has 0 aromatic carbocycles. The Labute approximate surface area is 154 Å². The molecule has 6 heteroatoms. The summed E-state index contributed by atoms with van der Waals surface area (Å²) >= 11 is 3.59. The van der Waals surface area contributed by atoms with E-state index in [9.17, 15) is 9.59 Å². The first-order valence-corrected chi connectivity index (χ1v) is 10.6. The minimum atomic E-state index is -0.471. The molecule has 0 bridgehead atoms. The summed E-state index contributed by atoms with van der Waals surface area (Å²) in [6.07, 6.45) is 4.83. The monoisotopic (exact) mass is 371 g/mol. The quantitative estimate of drug-likeness (QED) is 0.543. The summed E-state index contributed by atoms with van der Waals surface area (Å²) in [7, 11) is 0. The maximum atomic E-state index is 12.2. The molecule has 2 saturated heterocycles. The normalized spacial score (nSPS) is 24.5. The highest BCUT2D eigenvalue weighted by Gasteiger charge is 2.35. The molecule has 2 heterocycles. The van der Waals surface area contributed by atoms with E-state index in [1.165, 1.54) is 6.42 Å². The van der Waals surface area contributed by atoms with Crippen molar-refractivity contribution in [3.8, 4) is 0 Å². The molecule has 0 saturated carbocycles. The van der Waals surface area contributed by atoms with Gasteiger partial charge in [-0.15, -0.1) is 23.5 Å². The average molecular weight is 372 g/mol. The molecule has 24 heavy (non-hydrogen) atoms. The predicted octanol–water partition coefficient (Wildman–Crippen LogP) is 4.35. The fraction of sp³-hybridized carbons (Fsp3) is 0.778. The third-order valence-corrected chi connectivity index (χ3v) is 7.64. The highest BCUT2D eigenvalue weighted by atomic mass is 32.2. The van der Waals surface area contributed by atoms with Gasteiger partial charge in [0.05, 0.1) is 0 Å². The molecule has 0 aliphatic carbocycles. The van der Waals surface area contributed by atoms with Gasteiger partial charge in [0, 0.05) is 13.1 Å². The van der Waals surface area contributed by atoms with Crippen LogP contribution in [0.1, 0.15) is 46.5 Å². The highest BCUT2D eigenvalue weighted by molar-refractivity contribution is 8.19. The van der Waals surface area contributed by atoms with Crippen LogP contribution in [0, 0.1) is 5.92 Å². The molecular weight excluding hydrogens is 342 g/mol. The number of carbonyl (C=O) groups excluding carboxylic acids is 2. The molecule has 2 aliphatic heterocycles. The number of nitrogens with zero attached hydrogens (tertiary/aromatic N) is 1. The Morgan fingerprint density at radius 3 is 2.62 bits per heavy atom. The van der Waals surface area contributed by atoms with Gasteiger partial charge in [-0.25, -0.2) is 4.79 Å². The van der Waals surface area contributed by atoms with Crippen LogP contribution in [0.2, 0.25) is 0 Å². The number of carbonyl (C=O) groups is 2. The van der Waals surface area contributed by atoms with E-state index in [4.69, 9.17) is 4.74 Å². The van der Waals surface area contributed by atoms with E-state index in [1.54, 1.807) is 28.4 Å². The Hall–Kier alpha value is -0.620. The maximum absolute atomic E-state index is 12.2. The van der Waals surface area contributed by atoms with Crippen molar-refractivity contribution in [2.45, 2.75) is 56.1 Å². The van der Waals surface area contributed by atoms with E-state index in [0.717, 1.165) is 42.6 Å². The lowest BCUT2D eigenvalue weighted by atomic mass is 9.88. The number of thioether (sulfide) groups is 2. The lowest BCUT2D eigenvalue weighted by Gasteiger charge is -2.37. The van der Waals surface area contributed by atoms with Gasteiger partial charge in [-0.05, 0) is 63.9 Å². The molecule has 4 nitrogen and oxygen atoms in total. The van der Waals surface area contributed by atoms with Gasteiger partial charge in [-0.2, -0.15) is 0 Å². The van der Waals surface area contributed by atoms with Gasteiger partial charge in [0.1, 0.15) is 16.0 Å². The first kappa shape index (κ1) is 19.7. The number of ether oxygens (including phenoxy) is 1. The molecule has 1 amide bonds. The van der Waals surface area contributed by atoms with Gasteiger partial charge in [-0.1, -0.05) is 12.2 Å². The Balaban J connectivity index is 1.84. The lowest BCUT2D eigenvalue weighted by Crippen LogP contribution is -2.43. The topological polar surface area (TPSA) is 46.6 Å². The van der Waals surface area contributed by atoms with E-state index in [-0.39, 0.29) is 10.2 Å². The van der Waals surface area contributed by atoms with Gasteiger partial charge in [-0.3, -0.25) is 0 Å². The summed E-state index contributed by atoms with van der Waals surface area (Å²) in [6.45, 7) is 11.1. The van der Waals surface area contributed by atoms with Crippen molar-refractivity contribution in [3.05, 3.63) is 12.2 Å². The number of amides is 1. The second-order valence-corrected chi connectivity index (χ2v) is 10.7. The van der Waals surface area contributed by atoms with Crippen molar-refractivity contribution in [2.24, 2.45) is 5.92 Å². The predicted molar refractivity (Wildman–Crippen MR) is 103 cm³/mol. The third-order valence-electron chi connectivity index (χ3n) is 4.37. The lowest BCUT2D eigenvalue weighted by molar-refractivity contribution is -0.108. The van der Waals surface area contributed by atoms with E-state index < -0.39 is 5.60 Å². The maximum Gasteiger partial charge on any atom is 0.410 e. The van der Waals surface area contributed by atoms with Crippen LogP contribution in [0.5, 0.6) is 0 Å². The second-order valence-electron chi connectivity index (χ2n) is 7.56. The zero-order valence-electron chi connectivity index (χ0n) is 15.0. The molecule has 0 aromatic rings. The Morgan fingerprint density at radius 1 is 1.42 bits per heavy atom. The van der Waals surface area contributed by atoms with E-state index in [0.29, 0.717) is 19.0 Å². The Kier molecular flexibility index (Phi) is 6.71. The van der Waals surface area contributed by atoms with Crippen LogP contribution in [0.15, 0.2) is 12.2 Å². The number of hydrogen-bond acceptors (Lipinski definition) is 5. The third kappa shape index (κ3) is 5.45. The number of piperidine rings is 1. The Bertz CT molecular complexity index is 481. The molecular formula is C18H29NO3S2. The first-order chi connectivity index (χ1) is 11.2. The van der Waals surface area contributed by atoms with Crippen LogP contribution in [-0.4, -0.2) is 51.6 Å². The van der Waals surface area contributed by atoms with Crippen LogP contribution < -0.4 is 0 Å². The molecule has 136 valence electrons. The van der Waals surface area contributed by atoms with Crippen molar-refractivity contribution in [1.82, 2.24) is 4.90 Å². The summed E-state index contributed by atoms with van der Waals surface area (Å²) in [5.41, 5.74) is 0.611. The number of likely N-dealkylation sites (tertiary alicyclic amines) is 1. The molecule has 2 rings (SSSR count). The fourth-order valence-electron chi connectivity index (χ4n) is 3.04. The largest absolute Gasteiger partial charge is 0.444 e. The zero-order chi connectivity index (χ0) is 17.8. The standard InChI is InChI=1S/C18H29NO3S2/c1-14-12-19(16(21)22-17(2,3)4)9-7-15(14)6-8-18(13-20)23-10-5-11-24-18/h13,15H,1,5-12H2,2-4H3. The van der Waals surface area contributed by atoms with E-state index in [2.05, 4.69) is 6.58 Å². The zero-order valence-corrected chi connectivity index (χ0v) is 16.6. The smallest absolute Gasteiger partial charge is 0.410 e. The van der Waals surface area contributed by atoms with Crippen molar-refractivity contribution in [1.29, 1.82) is 0 Å². The van der Waals surface area contributed by atoms with E-state index in [1.807, 2.05) is 20.8 Å². The minimum Gasteiger partial charge on any atom is -0.444 e. The summed E-state index contributed by atoms with van der Waals surface area (Å²) in [5.74, 6) is 2.54. The van der Waals surface area contributed by atoms with Crippen LogP contribution in [0.4, 0.5) is 4.79 Å². The SMILES string of the molecule is C=C1CN(C(=O)OC(C)(C)C)CCC1CCC1(C=O)SCCCS1. The van der Waals surface area contributed by atoms with Crippen LogP contribution >= 0.6 is 23.5 Å². The molecule has 0 N–H and O–H groups in total. The van der Waals surface area contributed by atoms with Crippen LogP contribution in [0.25, 0.3) is 0 Å². The summed E-state index contributed by atoms with van der Waals surface area (Å²) in [4.78, 5) is 25.5. The van der Waals surface area contributed by atoms with Gasteiger partial charge in [0.15, 0.2) is 0 Å². The first-order valence-electron chi connectivity index (χ1n) is 8.64. The summed E-state index contributed by atoms with van der Waals surface area (Å²) in [5, 5.41) is 0. The number of hydrogen-bond donors (Lipinski definition) is 0. The van der Waals surface area contributed by atoms with Gasteiger partial charge < -0.3 is 14.4 Å². The number of aldehydes is 1. The molecule has 0 aromatic heterocycles. The molecule has 0 radical (unpaired) electrons. The average Bonchev–Trinajstić information content (AvgIpc) is 2.53. The highest BCUT2D eigenvalue weighted by Crippen LogP contribution is 2.45. The summed E-state index contributed by atoms with van der Waals surface area (Å²) < 4.78 is 5.18. The fourth-order valence-corrected chi connectivity index (χ4v) is 5.98. The molecule has 1 unspecified atom stereocenters. The summed E-state index contributed by atoms with van der Waals surface area (Å²) in [6, 6.07) is 0. The van der Waals surface area contributed by atoms with Gasteiger partial charge >= 0.3 is 6.09 Å². The van der Waals surface area contributed by atoms with Gasteiger partial charge in [0.2, 0.25) is 0 Å². The van der Waals surface area contributed by atoms with Crippen molar-refractivity contribution in [3.63, 3.8) is 0 Å². The van der Waals surface area contributed by atoms with Crippen molar-refractivity contribution < 1.29 is 14.3 Å². The molecule has 2 fully saturated rings. The van der Waals surface area contributed by atoms with Crippen LogP contribution in [-0.2, 0) is 9.53 Å².